The van der Waals surface area contributed by atoms with Crippen molar-refractivity contribution in [2.24, 2.45) is 0 Å². The Labute approximate surface area is 153 Å². The van der Waals surface area contributed by atoms with Gasteiger partial charge in [-0.2, -0.15) is 0 Å². The van der Waals surface area contributed by atoms with Crippen molar-refractivity contribution in [2.75, 3.05) is 6.61 Å². The predicted octanol–water partition coefficient (Wildman–Crippen LogP) is 1.85. The van der Waals surface area contributed by atoms with Crippen molar-refractivity contribution in [1.82, 2.24) is 0 Å². The van der Waals surface area contributed by atoms with Crippen LogP contribution in [0.15, 0.2) is 0 Å². The summed E-state index contributed by atoms with van der Waals surface area (Å²) in [5.74, 6) is 2.18. The second kappa shape index (κ2) is 9.41. The average molecular weight is 369 g/mol. The quantitative estimate of drug-likeness (QED) is 0.369. The van der Waals surface area contributed by atoms with Crippen LogP contribution in [0.1, 0.15) is 41.0 Å². The summed E-state index contributed by atoms with van der Waals surface area (Å²) in [6.07, 6.45) is -1.59. The zero-order valence-corrected chi connectivity index (χ0v) is 16.7. The van der Waals surface area contributed by atoms with Crippen LogP contribution in [0.4, 0.5) is 0 Å². The van der Waals surface area contributed by atoms with E-state index in [4.69, 9.17) is 20.2 Å². The molecular formula is C17H28BO6Si. The van der Waals surface area contributed by atoms with Crippen LogP contribution in [0.2, 0.25) is 18.1 Å². The first-order chi connectivity index (χ1) is 12.2. The van der Waals surface area contributed by atoms with Crippen molar-refractivity contribution in [1.29, 1.82) is 1.34 Å². The summed E-state index contributed by atoms with van der Waals surface area (Å²) < 4.78 is 28.6. The SMILES string of the molecule is [3H][B]OC[C@]1(C#C[Si](CC)(CC)CC)CC(OC(C)=O)C(OC(C)=O)O1. The van der Waals surface area contributed by atoms with Crippen LogP contribution in [0, 0.1) is 11.5 Å². The van der Waals surface area contributed by atoms with Gasteiger partial charge in [-0.05, 0) is 18.1 Å². The molecule has 2 unspecified atom stereocenters. The van der Waals surface area contributed by atoms with Crippen molar-refractivity contribution in [3.63, 3.8) is 0 Å². The minimum atomic E-state index is -1.75. The summed E-state index contributed by atoms with van der Waals surface area (Å²) in [7, 11) is -0.932. The van der Waals surface area contributed by atoms with Crippen molar-refractivity contribution < 1.29 is 28.5 Å². The van der Waals surface area contributed by atoms with Gasteiger partial charge in [-0.1, -0.05) is 26.7 Å². The van der Waals surface area contributed by atoms with Crippen LogP contribution in [0.3, 0.4) is 0 Å². The highest BCUT2D eigenvalue weighted by atomic mass is 28.3. The maximum Gasteiger partial charge on any atom is 0.305 e. The van der Waals surface area contributed by atoms with Crippen LogP contribution in [-0.2, 0) is 28.5 Å². The lowest BCUT2D eigenvalue weighted by Crippen LogP contribution is -2.36. The Balaban J connectivity index is 3.18. The minimum Gasteiger partial charge on any atom is -0.456 e. The molecule has 1 aliphatic rings. The van der Waals surface area contributed by atoms with Gasteiger partial charge in [-0.15, -0.1) is 5.54 Å². The van der Waals surface area contributed by atoms with E-state index >= 15 is 0 Å². The Morgan fingerprint density at radius 3 is 2.32 bits per heavy atom. The van der Waals surface area contributed by atoms with Gasteiger partial charge in [0.25, 0.3) is 8.01 Å². The Bertz CT molecular complexity index is 525. The van der Waals surface area contributed by atoms with Crippen molar-refractivity contribution in [3.05, 3.63) is 0 Å². The third kappa shape index (κ3) is 5.87. The van der Waals surface area contributed by atoms with Crippen molar-refractivity contribution in [3.8, 4) is 11.5 Å². The van der Waals surface area contributed by atoms with Crippen LogP contribution in [0.5, 0.6) is 0 Å². The highest BCUT2D eigenvalue weighted by Crippen LogP contribution is 2.34. The van der Waals surface area contributed by atoms with E-state index in [1.54, 1.807) is 0 Å². The number of hydrogen-bond donors (Lipinski definition) is 0. The fraction of sp³-hybridized carbons (Fsp3) is 0.765. The van der Waals surface area contributed by atoms with Crippen LogP contribution < -0.4 is 0 Å². The largest absolute Gasteiger partial charge is 0.456 e. The summed E-state index contributed by atoms with van der Waals surface area (Å²) in [6, 6.07) is 3.07. The molecule has 0 saturated carbocycles. The van der Waals surface area contributed by atoms with Gasteiger partial charge in [0.05, 0.1) is 6.61 Å². The van der Waals surface area contributed by atoms with Gasteiger partial charge in [0.15, 0.2) is 11.7 Å². The molecule has 0 N–H and O–H groups in total. The number of ether oxygens (including phenoxy) is 3. The number of carbonyl (C=O) groups is 2. The predicted molar refractivity (Wildman–Crippen MR) is 97.6 cm³/mol. The van der Waals surface area contributed by atoms with E-state index in [1.807, 2.05) is 0 Å². The standard InChI is InChI=1S/C17H28BO6Si/c1-6-25(7-2,8-3)10-9-17(12-21-18)11-15(22-13(4)19)16(24-17)23-14(5)20/h15-16,18H,6-8,11-12H2,1-5H3/t15?,16?,17-/m0/s1/i18T. The lowest BCUT2D eigenvalue weighted by Gasteiger charge is -2.25. The fourth-order valence-electron chi connectivity index (χ4n) is 2.95. The van der Waals surface area contributed by atoms with Gasteiger partial charge in [0.1, 0.15) is 8.07 Å². The third-order valence-electron chi connectivity index (χ3n) is 4.68. The maximum absolute atomic E-state index is 11.4. The molecule has 25 heavy (non-hydrogen) atoms. The summed E-state index contributed by atoms with van der Waals surface area (Å²) in [4.78, 5) is 22.8. The smallest absolute Gasteiger partial charge is 0.305 e. The molecule has 0 amide bonds. The van der Waals surface area contributed by atoms with Gasteiger partial charge < -0.3 is 18.9 Å². The normalized spacial score (nSPS) is 26.2. The first-order valence-corrected chi connectivity index (χ1v) is 11.3. The topological polar surface area (TPSA) is 71.1 Å². The van der Waals surface area contributed by atoms with Crippen molar-refractivity contribution in [2.45, 2.75) is 77.2 Å². The first-order valence-electron chi connectivity index (χ1n) is 9.21. The summed E-state index contributed by atoms with van der Waals surface area (Å²) >= 11 is 0. The molecule has 6 nitrogen and oxygen atoms in total. The molecular weight excluding hydrogens is 339 g/mol. The first kappa shape index (κ1) is 20.0. The lowest BCUT2D eigenvalue weighted by atomic mass is 10.0. The lowest BCUT2D eigenvalue weighted by molar-refractivity contribution is -0.200. The molecule has 1 saturated heterocycles. The number of rotatable bonds is 8. The number of hydrogen-bond acceptors (Lipinski definition) is 6. The molecule has 139 valence electrons. The van der Waals surface area contributed by atoms with Crippen molar-refractivity contribution >= 4 is 28.0 Å². The van der Waals surface area contributed by atoms with E-state index in [9.17, 15) is 9.59 Å². The Morgan fingerprint density at radius 1 is 1.24 bits per heavy atom. The molecule has 3 atom stereocenters. The molecule has 1 fully saturated rings. The van der Waals surface area contributed by atoms with Crippen LogP contribution in [0.25, 0.3) is 0 Å². The monoisotopic (exact) mass is 369 g/mol. The number of esters is 2. The van der Waals surface area contributed by atoms with Gasteiger partial charge >= 0.3 is 11.9 Å². The zero-order chi connectivity index (χ0) is 19.8. The molecule has 1 radical (unpaired) electrons. The molecule has 0 aromatic rings. The Kier molecular flexibility index (Phi) is 7.54. The van der Waals surface area contributed by atoms with E-state index in [0.29, 0.717) is 0 Å². The second-order valence-electron chi connectivity index (χ2n) is 6.34. The van der Waals surface area contributed by atoms with Gasteiger partial charge in [-0.3, -0.25) is 9.59 Å². The molecule has 0 bridgehead atoms. The molecule has 8 heteroatoms. The molecule has 1 rings (SSSR count). The van der Waals surface area contributed by atoms with E-state index in [1.165, 1.54) is 13.8 Å². The summed E-state index contributed by atoms with van der Waals surface area (Å²) in [6.45, 7) is 8.99. The molecule has 0 aromatic carbocycles. The summed E-state index contributed by atoms with van der Waals surface area (Å²) in [5.41, 5.74) is 2.36. The zero-order valence-electron chi connectivity index (χ0n) is 16.7. The van der Waals surface area contributed by atoms with Crippen LogP contribution in [-0.4, -0.2) is 54.0 Å². The third-order valence-corrected chi connectivity index (χ3v) is 9.39. The molecule has 1 aliphatic heterocycles. The van der Waals surface area contributed by atoms with Gasteiger partial charge in [-0.25, -0.2) is 0 Å². The fourth-order valence-corrected chi connectivity index (χ4v) is 5.47. The van der Waals surface area contributed by atoms with Gasteiger partial charge in [0, 0.05) is 21.6 Å². The van der Waals surface area contributed by atoms with Gasteiger partial charge in [0.2, 0.25) is 6.29 Å². The minimum absolute atomic E-state index is 0.000647. The maximum atomic E-state index is 11.4. The molecule has 0 aliphatic carbocycles. The van der Waals surface area contributed by atoms with E-state index in [0.717, 1.165) is 26.1 Å². The Morgan fingerprint density at radius 2 is 1.84 bits per heavy atom. The van der Waals surface area contributed by atoms with Crippen LogP contribution >= 0.6 is 0 Å². The Hall–Kier alpha value is -1.30. The number of carbonyl (C=O) groups excluding carboxylic acids is 2. The highest BCUT2D eigenvalue weighted by Gasteiger charge is 2.49. The summed E-state index contributed by atoms with van der Waals surface area (Å²) in [5, 5.41) is 0. The highest BCUT2D eigenvalue weighted by molar-refractivity contribution is 6.87. The molecule has 0 aromatic heterocycles. The average Bonchev–Trinajstić information content (AvgIpc) is 2.91. The van der Waals surface area contributed by atoms with E-state index < -0.39 is 38.0 Å². The molecule has 1 heterocycles. The van der Waals surface area contributed by atoms with E-state index in [2.05, 4.69) is 32.2 Å². The van der Waals surface area contributed by atoms with E-state index in [-0.39, 0.29) is 13.0 Å². The molecule has 0 spiro atoms. The second-order valence-corrected chi connectivity index (χ2v) is 11.3.